The fourth-order valence-electron chi connectivity index (χ4n) is 6.16. The molecule has 0 saturated carbocycles. The number of carbonyl (C=O) groups excluding carboxylic acids is 1. The molecule has 0 N–H and O–H groups in total. The van der Waals surface area contributed by atoms with Crippen LogP contribution in [0.4, 0.5) is 5.69 Å². The average molecular weight is 557 g/mol. The van der Waals surface area contributed by atoms with Gasteiger partial charge in [-0.3, -0.25) is 14.6 Å². The van der Waals surface area contributed by atoms with Crippen LogP contribution < -0.4 is 4.74 Å². The zero-order chi connectivity index (χ0) is 28.1. The van der Waals surface area contributed by atoms with Crippen molar-refractivity contribution in [1.82, 2.24) is 14.7 Å². The maximum Gasteiger partial charge on any atom is 0.267 e. The lowest BCUT2D eigenvalue weighted by atomic mass is 9.97. The molecule has 2 aromatic carbocycles. The SMILES string of the molecule is [C-]#[N+]c1cccc(-c2ccc([C@H](C)N3CCN(C4CCN(C(=O)c5sccc5OCCC)CC4)C[C@H]3C)cc2)c1. The molecule has 0 aliphatic carbocycles. The summed E-state index contributed by atoms with van der Waals surface area (Å²) in [4.78, 5) is 24.8. The van der Waals surface area contributed by atoms with E-state index in [1.807, 2.05) is 34.5 Å². The highest BCUT2D eigenvalue weighted by Crippen LogP contribution is 2.31. The number of likely N-dealkylation sites (tertiary alicyclic amines) is 1. The lowest BCUT2D eigenvalue weighted by Gasteiger charge is -2.47. The number of thiophene rings is 1. The van der Waals surface area contributed by atoms with Gasteiger partial charge in [-0.1, -0.05) is 49.4 Å². The standard InChI is InChI=1S/C33H40N4O2S/c1-5-20-39-31-15-21-40-32(31)33(38)35-16-13-30(14-17-35)36-18-19-37(24(2)23-36)25(3)26-9-11-27(12-10-26)28-7-6-8-29(22-28)34-4/h6-12,15,21-22,24-25,30H,5,13-14,16-20,23H2,1-3H3/t24-,25+/m1/s1. The van der Waals surface area contributed by atoms with Gasteiger partial charge in [-0.2, -0.15) is 0 Å². The van der Waals surface area contributed by atoms with Crippen LogP contribution >= 0.6 is 11.3 Å². The van der Waals surface area contributed by atoms with Crippen molar-refractivity contribution in [2.24, 2.45) is 0 Å². The second-order valence-electron chi connectivity index (χ2n) is 11.0. The lowest BCUT2D eigenvalue weighted by molar-refractivity contribution is 0.0135. The van der Waals surface area contributed by atoms with Crippen LogP contribution in [-0.2, 0) is 0 Å². The molecule has 2 atom stereocenters. The Morgan fingerprint density at radius 2 is 1.85 bits per heavy atom. The number of piperidine rings is 1. The third-order valence-electron chi connectivity index (χ3n) is 8.46. The van der Waals surface area contributed by atoms with Gasteiger partial charge < -0.3 is 9.64 Å². The molecule has 1 amide bonds. The highest BCUT2D eigenvalue weighted by Gasteiger charge is 2.34. The minimum absolute atomic E-state index is 0.122. The Hall–Kier alpha value is -3.18. The topological polar surface area (TPSA) is 40.4 Å². The minimum Gasteiger partial charge on any atom is -0.492 e. The molecule has 2 aliphatic rings. The summed E-state index contributed by atoms with van der Waals surface area (Å²) in [5.41, 5.74) is 4.23. The molecule has 5 rings (SSSR count). The molecule has 3 heterocycles. The zero-order valence-corrected chi connectivity index (χ0v) is 24.7. The van der Waals surface area contributed by atoms with Gasteiger partial charge in [0, 0.05) is 50.8 Å². The number of hydrogen-bond donors (Lipinski definition) is 0. The van der Waals surface area contributed by atoms with Crippen LogP contribution in [-0.4, -0.2) is 72.0 Å². The Morgan fingerprint density at radius 3 is 2.55 bits per heavy atom. The molecule has 0 unspecified atom stereocenters. The molecule has 6 nitrogen and oxygen atoms in total. The monoisotopic (exact) mass is 556 g/mol. The van der Waals surface area contributed by atoms with Gasteiger partial charge in [-0.25, -0.2) is 4.85 Å². The Morgan fingerprint density at radius 1 is 1.07 bits per heavy atom. The van der Waals surface area contributed by atoms with Crippen molar-refractivity contribution in [3.8, 4) is 16.9 Å². The van der Waals surface area contributed by atoms with Gasteiger partial charge in [0.2, 0.25) is 0 Å². The third-order valence-corrected chi connectivity index (χ3v) is 9.35. The zero-order valence-electron chi connectivity index (χ0n) is 23.9. The van der Waals surface area contributed by atoms with Crippen molar-refractivity contribution in [2.75, 3.05) is 39.3 Å². The number of nitrogens with zero attached hydrogens (tertiary/aromatic N) is 4. The van der Waals surface area contributed by atoms with E-state index in [1.54, 1.807) is 0 Å². The molecule has 2 fully saturated rings. The van der Waals surface area contributed by atoms with Crippen molar-refractivity contribution in [3.63, 3.8) is 0 Å². The first-order valence-corrected chi connectivity index (χ1v) is 15.4. The van der Waals surface area contributed by atoms with Crippen molar-refractivity contribution in [1.29, 1.82) is 0 Å². The largest absolute Gasteiger partial charge is 0.492 e. The summed E-state index contributed by atoms with van der Waals surface area (Å²) in [6.45, 7) is 19.5. The fraction of sp³-hybridized carbons (Fsp3) is 0.455. The summed E-state index contributed by atoms with van der Waals surface area (Å²) in [5.74, 6) is 0.860. The van der Waals surface area contributed by atoms with Crippen LogP contribution in [0.15, 0.2) is 60.0 Å². The van der Waals surface area contributed by atoms with Gasteiger partial charge in [0.1, 0.15) is 10.6 Å². The number of benzene rings is 2. The van der Waals surface area contributed by atoms with Gasteiger partial charge in [-0.15, -0.1) is 11.3 Å². The second kappa shape index (κ2) is 13.0. The van der Waals surface area contributed by atoms with Crippen molar-refractivity contribution in [2.45, 2.75) is 58.2 Å². The minimum atomic E-state index is 0.122. The number of carbonyl (C=O) groups is 1. The summed E-state index contributed by atoms with van der Waals surface area (Å²) >= 11 is 1.49. The summed E-state index contributed by atoms with van der Waals surface area (Å²) in [6.07, 6.45) is 2.99. The summed E-state index contributed by atoms with van der Waals surface area (Å²) in [6, 6.07) is 19.9. The Kier molecular flexibility index (Phi) is 9.21. The molecule has 1 aromatic heterocycles. The van der Waals surface area contributed by atoms with Gasteiger partial charge >= 0.3 is 0 Å². The fourth-order valence-corrected chi connectivity index (χ4v) is 6.97. The van der Waals surface area contributed by atoms with Crippen molar-refractivity contribution < 1.29 is 9.53 Å². The smallest absolute Gasteiger partial charge is 0.267 e. The van der Waals surface area contributed by atoms with Crippen molar-refractivity contribution in [3.05, 3.63) is 81.8 Å². The van der Waals surface area contributed by atoms with E-state index in [2.05, 4.69) is 65.7 Å². The Bertz CT molecular complexity index is 1320. The molecule has 0 radical (unpaired) electrons. The molecular weight excluding hydrogens is 516 g/mol. The lowest BCUT2D eigenvalue weighted by Crippen LogP contribution is -2.57. The molecule has 210 valence electrons. The highest BCUT2D eigenvalue weighted by atomic mass is 32.1. The van der Waals surface area contributed by atoms with E-state index in [9.17, 15) is 4.79 Å². The number of ether oxygens (including phenoxy) is 1. The molecule has 3 aromatic rings. The molecular formula is C33H40N4O2S. The van der Waals surface area contributed by atoms with E-state index in [4.69, 9.17) is 11.3 Å². The molecule has 40 heavy (non-hydrogen) atoms. The van der Waals surface area contributed by atoms with Crippen LogP contribution in [0, 0.1) is 6.57 Å². The first kappa shape index (κ1) is 28.4. The normalized spacial score (nSPS) is 19.8. The maximum atomic E-state index is 13.2. The van der Waals surface area contributed by atoms with E-state index >= 15 is 0 Å². The van der Waals surface area contributed by atoms with Crippen LogP contribution in [0.25, 0.3) is 16.0 Å². The van der Waals surface area contributed by atoms with Crippen LogP contribution in [0.5, 0.6) is 5.75 Å². The first-order valence-electron chi connectivity index (χ1n) is 14.6. The van der Waals surface area contributed by atoms with Crippen LogP contribution in [0.3, 0.4) is 0 Å². The quantitative estimate of drug-likeness (QED) is 0.277. The van der Waals surface area contributed by atoms with Gasteiger partial charge in [0.15, 0.2) is 5.69 Å². The Balaban J connectivity index is 1.13. The van der Waals surface area contributed by atoms with E-state index in [1.165, 1.54) is 16.9 Å². The first-order chi connectivity index (χ1) is 19.5. The number of rotatable bonds is 8. The van der Waals surface area contributed by atoms with E-state index < -0.39 is 0 Å². The second-order valence-corrected chi connectivity index (χ2v) is 11.9. The molecule has 0 spiro atoms. The van der Waals surface area contributed by atoms with Gasteiger partial charge in [-0.05, 0) is 67.3 Å². The van der Waals surface area contributed by atoms with Crippen LogP contribution in [0.1, 0.15) is 61.3 Å². The van der Waals surface area contributed by atoms with Crippen LogP contribution in [0.2, 0.25) is 0 Å². The summed E-state index contributed by atoms with van der Waals surface area (Å²) < 4.78 is 5.80. The summed E-state index contributed by atoms with van der Waals surface area (Å²) in [5, 5.41) is 1.96. The number of piperazine rings is 1. The van der Waals surface area contributed by atoms with E-state index in [-0.39, 0.29) is 5.91 Å². The summed E-state index contributed by atoms with van der Waals surface area (Å²) in [7, 11) is 0. The molecule has 0 bridgehead atoms. The molecule has 2 aliphatic heterocycles. The highest BCUT2D eigenvalue weighted by molar-refractivity contribution is 7.12. The Labute approximate surface area is 243 Å². The van der Waals surface area contributed by atoms with E-state index in [0.29, 0.717) is 30.4 Å². The molecule has 7 heteroatoms. The van der Waals surface area contributed by atoms with Crippen molar-refractivity contribution >= 4 is 22.9 Å². The average Bonchev–Trinajstić information content (AvgIpc) is 3.48. The molecule has 2 saturated heterocycles. The number of hydrogen-bond acceptors (Lipinski definition) is 5. The number of amides is 1. The van der Waals surface area contributed by atoms with Gasteiger partial charge in [0.25, 0.3) is 5.91 Å². The maximum absolute atomic E-state index is 13.2. The predicted molar refractivity (Wildman–Crippen MR) is 163 cm³/mol. The third kappa shape index (κ3) is 6.25. The van der Waals surface area contributed by atoms with E-state index in [0.717, 1.165) is 73.7 Å². The predicted octanol–water partition coefficient (Wildman–Crippen LogP) is 7.13. The van der Waals surface area contributed by atoms with Gasteiger partial charge in [0.05, 0.1) is 13.2 Å².